The molecule has 0 unspecified atom stereocenters. The molecule has 0 aliphatic carbocycles. The molecule has 0 aliphatic heterocycles. The third-order valence-corrected chi connectivity index (χ3v) is 5.11. The number of hydrogen-bond donors (Lipinski definition) is 0. The minimum absolute atomic E-state index is 0.315. The number of nitrogens with zero attached hydrogens (tertiary/aromatic N) is 5. The Balaban J connectivity index is 2.22. The van der Waals surface area contributed by atoms with E-state index in [1.54, 1.807) is 30.5 Å². The van der Waals surface area contributed by atoms with Crippen LogP contribution in [0, 0.1) is 11.3 Å². The van der Waals surface area contributed by atoms with Crippen LogP contribution in [-0.4, -0.2) is 36.3 Å². The Morgan fingerprint density at radius 3 is 2.75 bits per heavy atom. The van der Waals surface area contributed by atoms with Crippen molar-refractivity contribution in [1.82, 2.24) is 14.6 Å². The molecule has 122 valence electrons. The first-order chi connectivity index (χ1) is 11.3. The van der Waals surface area contributed by atoms with Crippen LogP contribution >= 0.6 is 11.6 Å². The first kappa shape index (κ1) is 16.2. The molecule has 0 amide bonds. The van der Waals surface area contributed by atoms with E-state index in [2.05, 4.69) is 10.1 Å². The first-order valence-electron chi connectivity index (χ1n) is 6.79. The van der Waals surface area contributed by atoms with Crippen LogP contribution in [0.15, 0.2) is 36.7 Å². The van der Waals surface area contributed by atoms with Gasteiger partial charge in [0.25, 0.3) is 0 Å². The minimum Gasteiger partial charge on any atom is -0.272 e. The molecule has 0 N–H and O–H groups in total. The SMILES string of the molecule is CN(c1cc(-c2ccnc3c(C#N)cnn23)ccc1Cl)S(C)(=O)=O. The van der Waals surface area contributed by atoms with Gasteiger partial charge in [-0.05, 0) is 18.2 Å². The molecule has 0 atom stereocenters. The van der Waals surface area contributed by atoms with E-state index in [1.807, 2.05) is 6.07 Å². The predicted molar refractivity (Wildman–Crippen MR) is 91.4 cm³/mol. The number of anilines is 1. The zero-order chi connectivity index (χ0) is 17.5. The van der Waals surface area contributed by atoms with Crippen LogP contribution in [0.4, 0.5) is 5.69 Å². The zero-order valence-corrected chi connectivity index (χ0v) is 14.4. The quantitative estimate of drug-likeness (QED) is 0.713. The molecule has 0 radical (unpaired) electrons. The van der Waals surface area contributed by atoms with Gasteiger partial charge in [0.15, 0.2) is 5.65 Å². The molecule has 1 aromatic carbocycles. The number of nitriles is 1. The Bertz CT molecular complexity index is 1080. The number of sulfonamides is 1. The molecule has 0 fully saturated rings. The maximum atomic E-state index is 11.8. The van der Waals surface area contributed by atoms with Crippen LogP contribution in [0.5, 0.6) is 0 Å². The Hall–Kier alpha value is -2.63. The smallest absolute Gasteiger partial charge is 0.232 e. The van der Waals surface area contributed by atoms with Crippen molar-refractivity contribution in [2.75, 3.05) is 17.6 Å². The molecule has 0 aliphatic rings. The fraction of sp³-hybridized carbons (Fsp3) is 0.133. The Morgan fingerprint density at radius 1 is 1.33 bits per heavy atom. The summed E-state index contributed by atoms with van der Waals surface area (Å²) in [6.45, 7) is 0. The van der Waals surface area contributed by atoms with Gasteiger partial charge in [-0.2, -0.15) is 10.4 Å². The highest BCUT2D eigenvalue weighted by Crippen LogP contribution is 2.32. The summed E-state index contributed by atoms with van der Waals surface area (Å²) in [6, 6.07) is 8.80. The molecule has 9 heteroatoms. The Labute approximate surface area is 143 Å². The van der Waals surface area contributed by atoms with Crippen molar-refractivity contribution in [3.8, 4) is 17.3 Å². The summed E-state index contributed by atoms with van der Waals surface area (Å²) in [4.78, 5) is 4.16. The molecule has 0 bridgehead atoms. The van der Waals surface area contributed by atoms with Crippen LogP contribution in [-0.2, 0) is 10.0 Å². The van der Waals surface area contributed by atoms with Gasteiger partial charge in [0.1, 0.15) is 11.6 Å². The average molecular weight is 362 g/mol. The second kappa shape index (κ2) is 5.78. The molecule has 3 aromatic rings. The molecule has 2 aromatic heterocycles. The van der Waals surface area contributed by atoms with Gasteiger partial charge >= 0.3 is 0 Å². The van der Waals surface area contributed by atoms with Crippen molar-refractivity contribution in [2.45, 2.75) is 0 Å². The monoisotopic (exact) mass is 361 g/mol. The number of rotatable bonds is 3. The van der Waals surface area contributed by atoms with Crippen LogP contribution in [0.3, 0.4) is 0 Å². The van der Waals surface area contributed by atoms with Crippen molar-refractivity contribution in [3.63, 3.8) is 0 Å². The second-order valence-electron chi connectivity index (χ2n) is 5.13. The molecule has 2 heterocycles. The van der Waals surface area contributed by atoms with Crippen molar-refractivity contribution >= 4 is 33.0 Å². The number of hydrogen-bond acceptors (Lipinski definition) is 5. The molecule has 7 nitrogen and oxygen atoms in total. The van der Waals surface area contributed by atoms with Crippen molar-refractivity contribution in [1.29, 1.82) is 5.26 Å². The normalized spacial score (nSPS) is 11.4. The van der Waals surface area contributed by atoms with Gasteiger partial charge in [0.05, 0.1) is 28.9 Å². The maximum absolute atomic E-state index is 11.8. The number of fused-ring (bicyclic) bond motifs is 1. The molecule has 0 saturated heterocycles. The van der Waals surface area contributed by atoms with Crippen molar-refractivity contribution in [2.24, 2.45) is 0 Å². The van der Waals surface area contributed by atoms with Gasteiger partial charge in [-0.3, -0.25) is 4.31 Å². The van der Waals surface area contributed by atoms with E-state index < -0.39 is 10.0 Å². The summed E-state index contributed by atoms with van der Waals surface area (Å²) in [5, 5.41) is 13.6. The van der Waals surface area contributed by atoms with E-state index in [9.17, 15) is 8.42 Å². The van der Waals surface area contributed by atoms with Crippen LogP contribution in [0.1, 0.15) is 5.56 Å². The lowest BCUT2D eigenvalue weighted by atomic mass is 10.1. The summed E-state index contributed by atoms with van der Waals surface area (Å²) < 4.78 is 26.2. The fourth-order valence-corrected chi connectivity index (χ4v) is 3.08. The van der Waals surface area contributed by atoms with Gasteiger partial charge in [0, 0.05) is 18.8 Å². The first-order valence-corrected chi connectivity index (χ1v) is 9.02. The molecule has 0 spiro atoms. The van der Waals surface area contributed by atoms with E-state index in [-0.39, 0.29) is 0 Å². The molecule has 3 rings (SSSR count). The van der Waals surface area contributed by atoms with E-state index in [0.717, 1.165) is 10.6 Å². The van der Waals surface area contributed by atoms with Gasteiger partial charge in [-0.15, -0.1) is 0 Å². The van der Waals surface area contributed by atoms with Gasteiger partial charge in [-0.1, -0.05) is 17.7 Å². The highest BCUT2D eigenvalue weighted by atomic mass is 35.5. The summed E-state index contributed by atoms with van der Waals surface area (Å²) in [6.07, 6.45) is 4.11. The average Bonchev–Trinajstić information content (AvgIpc) is 2.97. The van der Waals surface area contributed by atoms with Crippen molar-refractivity contribution < 1.29 is 8.42 Å². The summed E-state index contributed by atoms with van der Waals surface area (Å²) in [5.41, 5.74) is 2.52. The third kappa shape index (κ3) is 2.68. The van der Waals surface area contributed by atoms with Crippen molar-refractivity contribution in [3.05, 3.63) is 47.2 Å². The van der Waals surface area contributed by atoms with Gasteiger partial charge in [-0.25, -0.2) is 17.9 Å². The highest BCUT2D eigenvalue weighted by Gasteiger charge is 2.17. The van der Waals surface area contributed by atoms with Crippen LogP contribution in [0.25, 0.3) is 16.9 Å². The Morgan fingerprint density at radius 2 is 2.08 bits per heavy atom. The van der Waals surface area contributed by atoms with Gasteiger partial charge in [0.2, 0.25) is 10.0 Å². The number of aromatic nitrogens is 3. The number of benzene rings is 1. The summed E-state index contributed by atoms with van der Waals surface area (Å²) in [5.74, 6) is 0. The highest BCUT2D eigenvalue weighted by molar-refractivity contribution is 7.92. The zero-order valence-electron chi connectivity index (χ0n) is 12.8. The van der Waals surface area contributed by atoms with Crippen LogP contribution in [0.2, 0.25) is 5.02 Å². The molecule has 0 saturated carbocycles. The minimum atomic E-state index is -3.45. The summed E-state index contributed by atoms with van der Waals surface area (Å²) in [7, 11) is -2.01. The second-order valence-corrected chi connectivity index (χ2v) is 7.55. The Kier molecular flexibility index (Phi) is 3.91. The molecule has 24 heavy (non-hydrogen) atoms. The topological polar surface area (TPSA) is 91.4 Å². The van der Waals surface area contributed by atoms with Crippen LogP contribution < -0.4 is 4.31 Å². The predicted octanol–water partition coefficient (Wildman–Crippen LogP) is 2.32. The third-order valence-electron chi connectivity index (χ3n) is 3.60. The molecular formula is C15H12ClN5O2S. The lowest BCUT2D eigenvalue weighted by molar-refractivity contribution is 0.600. The van der Waals surface area contributed by atoms with E-state index in [0.29, 0.717) is 33.2 Å². The largest absolute Gasteiger partial charge is 0.272 e. The number of halogens is 1. The van der Waals surface area contributed by atoms with E-state index in [4.69, 9.17) is 16.9 Å². The standard InChI is InChI=1S/C15H12ClN5O2S/c1-20(24(2,22)23)14-7-10(3-4-12(14)16)13-5-6-18-15-11(8-17)9-19-21(13)15/h3-7,9H,1-2H3. The fourth-order valence-electron chi connectivity index (χ4n) is 2.28. The van der Waals surface area contributed by atoms with E-state index in [1.165, 1.54) is 17.8 Å². The molecular weight excluding hydrogens is 350 g/mol. The lowest BCUT2D eigenvalue weighted by Gasteiger charge is -2.19. The summed E-state index contributed by atoms with van der Waals surface area (Å²) >= 11 is 6.15. The maximum Gasteiger partial charge on any atom is 0.232 e. The van der Waals surface area contributed by atoms with Gasteiger partial charge < -0.3 is 0 Å². The van der Waals surface area contributed by atoms with E-state index >= 15 is 0 Å². The lowest BCUT2D eigenvalue weighted by Crippen LogP contribution is -2.25.